The predicted molar refractivity (Wildman–Crippen MR) is 64.0 cm³/mol. The van der Waals surface area contributed by atoms with Gasteiger partial charge in [0.15, 0.2) is 0 Å². The van der Waals surface area contributed by atoms with E-state index in [4.69, 9.17) is 0 Å². The Hall–Kier alpha value is -0.930. The van der Waals surface area contributed by atoms with E-state index in [0.717, 1.165) is 31.5 Å². The van der Waals surface area contributed by atoms with Crippen molar-refractivity contribution in [1.29, 1.82) is 0 Å². The molecule has 1 saturated heterocycles. The maximum atomic E-state index is 12.9. The highest BCUT2D eigenvalue weighted by Crippen LogP contribution is 2.50. The molecule has 1 N–H and O–H groups in total. The first-order valence-electron chi connectivity index (χ1n) is 6.26. The van der Waals surface area contributed by atoms with E-state index in [9.17, 15) is 9.50 Å². The van der Waals surface area contributed by atoms with Crippen LogP contribution in [0, 0.1) is 17.7 Å². The van der Waals surface area contributed by atoms with E-state index in [1.54, 1.807) is 12.1 Å². The smallest absolute Gasteiger partial charge is 0.123 e. The van der Waals surface area contributed by atoms with Crippen LogP contribution in [0.1, 0.15) is 18.4 Å². The third kappa shape index (κ3) is 1.69. The van der Waals surface area contributed by atoms with Gasteiger partial charge in [-0.2, -0.15) is 0 Å². The van der Waals surface area contributed by atoms with E-state index in [0.29, 0.717) is 11.8 Å². The lowest BCUT2D eigenvalue weighted by atomic mass is 9.82. The van der Waals surface area contributed by atoms with Gasteiger partial charge in [-0.05, 0) is 43.5 Å². The largest absolute Gasteiger partial charge is 0.385 e. The summed E-state index contributed by atoms with van der Waals surface area (Å²) in [6.45, 7) is 2.02. The minimum Gasteiger partial charge on any atom is -0.385 e. The van der Waals surface area contributed by atoms with Gasteiger partial charge in [-0.25, -0.2) is 4.39 Å². The summed E-state index contributed by atoms with van der Waals surface area (Å²) in [5.74, 6) is 0.656. The fraction of sp³-hybridized carbons (Fsp3) is 0.571. The van der Waals surface area contributed by atoms with Gasteiger partial charge in [0, 0.05) is 19.0 Å². The summed E-state index contributed by atoms with van der Waals surface area (Å²) < 4.78 is 12.9. The van der Waals surface area contributed by atoms with Gasteiger partial charge in [0.25, 0.3) is 0 Å². The van der Waals surface area contributed by atoms with Crippen molar-refractivity contribution in [3.05, 3.63) is 35.6 Å². The fourth-order valence-electron chi connectivity index (χ4n) is 3.61. The van der Waals surface area contributed by atoms with Crippen LogP contribution in [-0.2, 0) is 5.60 Å². The minimum atomic E-state index is -0.747. The van der Waals surface area contributed by atoms with Crippen molar-refractivity contribution < 1.29 is 9.50 Å². The molecule has 0 spiro atoms. The van der Waals surface area contributed by atoms with Crippen LogP contribution in [0.15, 0.2) is 24.3 Å². The van der Waals surface area contributed by atoms with Crippen LogP contribution >= 0.6 is 0 Å². The Morgan fingerprint density at radius 2 is 2.00 bits per heavy atom. The van der Waals surface area contributed by atoms with Gasteiger partial charge in [-0.15, -0.1) is 0 Å². The number of fused-ring (bicyclic) bond motifs is 1. The monoisotopic (exact) mass is 235 g/mol. The zero-order valence-electron chi connectivity index (χ0n) is 10.1. The molecular weight excluding hydrogens is 217 g/mol. The van der Waals surface area contributed by atoms with Crippen LogP contribution in [0.5, 0.6) is 0 Å². The highest BCUT2D eigenvalue weighted by Gasteiger charge is 2.51. The maximum absolute atomic E-state index is 12.9. The van der Waals surface area contributed by atoms with Crippen molar-refractivity contribution in [2.45, 2.75) is 18.4 Å². The lowest BCUT2D eigenvalue weighted by Crippen LogP contribution is -2.34. The molecule has 1 aromatic carbocycles. The number of aliphatic hydroxyl groups is 1. The van der Waals surface area contributed by atoms with E-state index in [1.165, 1.54) is 12.1 Å². The molecule has 1 heterocycles. The van der Waals surface area contributed by atoms with Gasteiger partial charge in [0.1, 0.15) is 5.82 Å². The number of hydrogen-bond donors (Lipinski definition) is 1. The van der Waals surface area contributed by atoms with Crippen LogP contribution in [-0.4, -0.2) is 30.1 Å². The Balaban J connectivity index is 1.93. The number of halogens is 1. The number of likely N-dealkylation sites (tertiary alicyclic amines) is 1. The molecular formula is C14H18FNO. The molecule has 92 valence electrons. The second-order valence-corrected chi connectivity index (χ2v) is 5.56. The third-order valence-corrected chi connectivity index (χ3v) is 4.48. The molecule has 3 rings (SSSR count). The summed E-state index contributed by atoms with van der Waals surface area (Å²) >= 11 is 0. The fourth-order valence-corrected chi connectivity index (χ4v) is 3.61. The summed E-state index contributed by atoms with van der Waals surface area (Å²) in [4.78, 5) is 2.28. The highest BCUT2D eigenvalue weighted by atomic mass is 19.1. The summed E-state index contributed by atoms with van der Waals surface area (Å²) in [5, 5.41) is 10.9. The first kappa shape index (κ1) is 11.2. The van der Waals surface area contributed by atoms with E-state index >= 15 is 0 Å². The summed E-state index contributed by atoms with van der Waals surface area (Å²) in [6.07, 6.45) is 1.88. The Bertz CT molecular complexity index is 419. The van der Waals surface area contributed by atoms with Gasteiger partial charge >= 0.3 is 0 Å². The Morgan fingerprint density at radius 3 is 2.71 bits per heavy atom. The average molecular weight is 235 g/mol. The molecule has 17 heavy (non-hydrogen) atoms. The first-order chi connectivity index (χ1) is 8.09. The van der Waals surface area contributed by atoms with Gasteiger partial charge in [0.2, 0.25) is 0 Å². The Labute approximate surface area is 101 Å². The van der Waals surface area contributed by atoms with Crippen LogP contribution < -0.4 is 0 Å². The topological polar surface area (TPSA) is 23.5 Å². The molecule has 0 radical (unpaired) electrons. The molecule has 0 aromatic heterocycles. The van der Waals surface area contributed by atoms with Crippen molar-refractivity contribution in [3.63, 3.8) is 0 Å². The summed E-state index contributed by atoms with van der Waals surface area (Å²) in [5.41, 5.74) is 0.130. The van der Waals surface area contributed by atoms with Gasteiger partial charge in [-0.1, -0.05) is 12.1 Å². The molecule has 2 aliphatic rings. The lowest BCUT2D eigenvalue weighted by molar-refractivity contribution is -0.00565. The second-order valence-electron chi connectivity index (χ2n) is 5.56. The van der Waals surface area contributed by atoms with Crippen molar-refractivity contribution in [2.24, 2.45) is 11.8 Å². The SMILES string of the molecule is CN1CC2CC[C@@](O)(c3ccc(F)cc3)C2C1. The second kappa shape index (κ2) is 3.79. The quantitative estimate of drug-likeness (QED) is 0.804. The lowest BCUT2D eigenvalue weighted by Gasteiger charge is -2.30. The average Bonchev–Trinajstić information content (AvgIpc) is 2.81. The normalized spacial score (nSPS) is 37.4. The van der Waals surface area contributed by atoms with Crippen LogP contribution in [0.4, 0.5) is 4.39 Å². The molecule has 1 aliphatic heterocycles. The van der Waals surface area contributed by atoms with Crippen molar-refractivity contribution in [2.75, 3.05) is 20.1 Å². The molecule has 0 bridgehead atoms. The zero-order valence-corrected chi connectivity index (χ0v) is 10.1. The number of rotatable bonds is 1. The molecule has 2 fully saturated rings. The standard InChI is InChI=1S/C14H18FNO/c1-16-8-10-6-7-14(17,13(10)9-16)11-2-4-12(15)5-3-11/h2-5,10,13,17H,6-9H2,1H3/t10?,13?,14-/m1/s1. The van der Waals surface area contributed by atoms with E-state index in [2.05, 4.69) is 11.9 Å². The van der Waals surface area contributed by atoms with Crippen LogP contribution in [0.25, 0.3) is 0 Å². The van der Waals surface area contributed by atoms with Crippen LogP contribution in [0.3, 0.4) is 0 Å². The molecule has 0 amide bonds. The minimum absolute atomic E-state index is 0.240. The van der Waals surface area contributed by atoms with Crippen LogP contribution in [0.2, 0.25) is 0 Å². The molecule has 1 saturated carbocycles. The van der Waals surface area contributed by atoms with E-state index in [-0.39, 0.29) is 5.82 Å². The van der Waals surface area contributed by atoms with E-state index in [1.807, 2.05) is 0 Å². The van der Waals surface area contributed by atoms with Gasteiger partial charge in [-0.3, -0.25) is 0 Å². The zero-order chi connectivity index (χ0) is 12.0. The maximum Gasteiger partial charge on any atom is 0.123 e. The first-order valence-corrected chi connectivity index (χ1v) is 6.26. The highest BCUT2D eigenvalue weighted by molar-refractivity contribution is 5.26. The van der Waals surface area contributed by atoms with E-state index < -0.39 is 5.60 Å². The molecule has 1 aromatic rings. The van der Waals surface area contributed by atoms with Gasteiger partial charge < -0.3 is 10.0 Å². The molecule has 2 unspecified atom stereocenters. The van der Waals surface area contributed by atoms with Crippen molar-refractivity contribution >= 4 is 0 Å². The van der Waals surface area contributed by atoms with Gasteiger partial charge in [0.05, 0.1) is 5.60 Å². The summed E-state index contributed by atoms with van der Waals surface area (Å²) in [7, 11) is 2.10. The molecule has 3 atom stereocenters. The summed E-state index contributed by atoms with van der Waals surface area (Å²) in [6, 6.07) is 6.35. The Morgan fingerprint density at radius 1 is 1.29 bits per heavy atom. The number of benzene rings is 1. The molecule has 3 heteroatoms. The van der Waals surface area contributed by atoms with Crippen molar-refractivity contribution in [1.82, 2.24) is 4.90 Å². The molecule has 2 nitrogen and oxygen atoms in total. The third-order valence-electron chi connectivity index (χ3n) is 4.48. The number of nitrogens with zero attached hydrogens (tertiary/aromatic N) is 1. The Kier molecular flexibility index (Phi) is 2.49. The molecule has 1 aliphatic carbocycles. The number of hydrogen-bond acceptors (Lipinski definition) is 2. The predicted octanol–water partition coefficient (Wildman–Crippen LogP) is 1.98. The van der Waals surface area contributed by atoms with Crippen molar-refractivity contribution in [3.8, 4) is 0 Å².